The average Bonchev–Trinajstić information content (AvgIpc) is 3.39. The van der Waals surface area contributed by atoms with Gasteiger partial charge in [0.25, 0.3) is 5.91 Å². The van der Waals surface area contributed by atoms with Crippen LogP contribution in [0.2, 0.25) is 0 Å². The van der Waals surface area contributed by atoms with Crippen LogP contribution in [0.3, 0.4) is 0 Å². The fraction of sp³-hybridized carbons (Fsp3) is 0.269. The minimum atomic E-state index is -3.57. The van der Waals surface area contributed by atoms with E-state index in [2.05, 4.69) is 12.1 Å². The van der Waals surface area contributed by atoms with E-state index in [1.165, 1.54) is 10.4 Å². The molecule has 0 radical (unpaired) electrons. The zero-order chi connectivity index (χ0) is 22.4. The molecule has 1 fully saturated rings. The molecule has 1 saturated heterocycles. The fourth-order valence-electron chi connectivity index (χ4n) is 4.01. The summed E-state index contributed by atoms with van der Waals surface area (Å²) in [4.78, 5) is 15.5. The van der Waals surface area contributed by atoms with Crippen molar-refractivity contribution in [1.82, 2.24) is 9.21 Å². The van der Waals surface area contributed by atoms with Crippen molar-refractivity contribution in [1.29, 1.82) is 0 Å². The van der Waals surface area contributed by atoms with E-state index in [1.807, 2.05) is 48.5 Å². The third-order valence-corrected chi connectivity index (χ3v) is 7.70. The fourth-order valence-corrected chi connectivity index (χ4v) is 5.58. The van der Waals surface area contributed by atoms with Gasteiger partial charge < -0.3 is 4.90 Å². The molecule has 0 aromatic heterocycles. The summed E-state index contributed by atoms with van der Waals surface area (Å²) in [6.07, 6.45) is 2.48. The van der Waals surface area contributed by atoms with E-state index in [0.29, 0.717) is 31.7 Å². The smallest absolute Gasteiger partial charge is 0.254 e. The van der Waals surface area contributed by atoms with Gasteiger partial charge in [-0.25, -0.2) is 8.42 Å². The minimum absolute atomic E-state index is 0.164. The molecule has 1 aliphatic heterocycles. The van der Waals surface area contributed by atoms with E-state index in [1.54, 1.807) is 23.1 Å². The van der Waals surface area contributed by atoms with Gasteiger partial charge in [0.2, 0.25) is 10.0 Å². The molecule has 4 rings (SSSR count). The molecule has 3 aromatic carbocycles. The van der Waals surface area contributed by atoms with Crippen molar-refractivity contribution in [3.63, 3.8) is 0 Å². The molecule has 32 heavy (non-hydrogen) atoms. The largest absolute Gasteiger partial charge is 0.334 e. The first-order valence-electron chi connectivity index (χ1n) is 11.0. The Hall–Kier alpha value is -2.96. The Bertz CT molecular complexity index is 1140. The van der Waals surface area contributed by atoms with Crippen molar-refractivity contribution < 1.29 is 13.2 Å². The van der Waals surface area contributed by atoms with Crippen molar-refractivity contribution in [2.45, 2.75) is 30.7 Å². The third kappa shape index (κ3) is 5.26. The van der Waals surface area contributed by atoms with Crippen LogP contribution in [-0.2, 0) is 23.0 Å². The summed E-state index contributed by atoms with van der Waals surface area (Å²) < 4.78 is 27.5. The molecule has 6 heteroatoms. The lowest BCUT2D eigenvalue weighted by Crippen LogP contribution is -2.33. The maximum Gasteiger partial charge on any atom is 0.254 e. The lowest BCUT2D eigenvalue weighted by molar-refractivity contribution is 0.0745. The Morgan fingerprint density at radius 3 is 2.09 bits per heavy atom. The Balaban J connectivity index is 1.58. The average molecular weight is 449 g/mol. The summed E-state index contributed by atoms with van der Waals surface area (Å²) in [5.41, 5.74) is 2.59. The van der Waals surface area contributed by atoms with Crippen molar-refractivity contribution in [3.05, 3.63) is 102 Å². The standard InChI is InChI=1S/C26H28N2O3S/c29-26(24-14-9-15-25(20-24)32(30,31)28-17-7-8-18-28)27(21-23-12-5-2-6-13-23)19-16-22-10-3-1-4-11-22/h1-6,9-15,20H,7-8,16-19,21H2. The highest BCUT2D eigenvalue weighted by Crippen LogP contribution is 2.22. The lowest BCUT2D eigenvalue weighted by atomic mass is 10.1. The zero-order valence-corrected chi connectivity index (χ0v) is 18.9. The van der Waals surface area contributed by atoms with Gasteiger partial charge in [0, 0.05) is 31.7 Å². The van der Waals surface area contributed by atoms with Gasteiger partial charge >= 0.3 is 0 Å². The van der Waals surface area contributed by atoms with Crippen LogP contribution in [0.4, 0.5) is 0 Å². The highest BCUT2D eigenvalue weighted by Gasteiger charge is 2.28. The van der Waals surface area contributed by atoms with Gasteiger partial charge in [0.15, 0.2) is 0 Å². The number of benzene rings is 3. The molecule has 5 nitrogen and oxygen atoms in total. The topological polar surface area (TPSA) is 57.7 Å². The second-order valence-electron chi connectivity index (χ2n) is 8.09. The first-order valence-corrected chi connectivity index (χ1v) is 12.5. The molecule has 0 atom stereocenters. The first-order chi connectivity index (χ1) is 15.5. The molecule has 3 aromatic rings. The number of carbonyl (C=O) groups excluding carboxylic acids is 1. The van der Waals surface area contributed by atoms with Gasteiger partial charge in [-0.05, 0) is 48.6 Å². The molecule has 0 spiro atoms. The Labute approximate surface area is 190 Å². The lowest BCUT2D eigenvalue weighted by Gasteiger charge is -2.24. The van der Waals surface area contributed by atoms with Crippen LogP contribution < -0.4 is 0 Å². The molecule has 0 N–H and O–H groups in total. The molecule has 0 saturated carbocycles. The number of hydrogen-bond donors (Lipinski definition) is 0. The van der Waals surface area contributed by atoms with E-state index in [9.17, 15) is 13.2 Å². The van der Waals surface area contributed by atoms with Gasteiger partial charge in [0.1, 0.15) is 0 Å². The molecular weight excluding hydrogens is 420 g/mol. The predicted octanol–water partition coefficient (Wildman–Crippen LogP) is 4.36. The van der Waals surface area contributed by atoms with Gasteiger partial charge in [-0.2, -0.15) is 4.31 Å². The Morgan fingerprint density at radius 1 is 0.812 bits per heavy atom. The number of nitrogens with zero attached hydrogens (tertiary/aromatic N) is 2. The predicted molar refractivity (Wildman–Crippen MR) is 126 cm³/mol. The summed E-state index contributed by atoms with van der Waals surface area (Å²) >= 11 is 0. The summed E-state index contributed by atoms with van der Waals surface area (Å²) in [6.45, 7) is 2.09. The van der Waals surface area contributed by atoms with Crippen molar-refractivity contribution in [3.8, 4) is 0 Å². The van der Waals surface area contributed by atoms with Crippen molar-refractivity contribution in [2.75, 3.05) is 19.6 Å². The number of rotatable bonds is 8. The van der Waals surface area contributed by atoms with Crippen LogP contribution in [0.1, 0.15) is 34.3 Å². The maximum atomic E-state index is 13.5. The molecule has 0 bridgehead atoms. The van der Waals surface area contributed by atoms with E-state index < -0.39 is 10.0 Å². The quantitative estimate of drug-likeness (QED) is 0.515. The molecule has 0 unspecified atom stereocenters. The summed E-state index contributed by atoms with van der Waals surface area (Å²) in [5, 5.41) is 0. The monoisotopic (exact) mass is 448 g/mol. The third-order valence-electron chi connectivity index (χ3n) is 5.80. The van der Waals surface area contributed by atoms with Crippen LogP contribution in [0, 0.1) is 0 Å². The van der Waals surface area contributed by atoms with Gasteiger partial charge in [-0.1, -0.05) is 66.7 Å². The Kier molecular flexibility index (Phi) is 7.02. The van der Waals surface area contributed by atoms with E-state index in [0.717, 1.165) is 30.4 Å². The second kappa shape index (κ2) is 10.1. The molecule has 166 valence electrons. The van der Waals surface area contributed by atoms with Crippen LogP contribution in [-0.4, -0.2) is 43.2 Å². The number of hydrogen-bond acceptors (Lipinski definition) is 3. The van der Waals surface area contributed by atoms with Gasteiger partial charge in [-0.3, -0.25) is 4.79 Å². The molecule has 1 amide bonds. The highest BCUT2D eigenvalue weighted by atomic mass is 32.2. The SMILES string of the molecule is O=C(c1cccc(S(=O)(=O)N2CCCC2)c1)N(CCc1ccccc1)Cc1ccccc1. The molecule has 1 heterocycles. The Morgan fingerprint density at radius 2 is 1.44 bits per heavy atom. The van der Waals surface area contributed by atoms with Crippen molar-refractivity contribution in [2.24, 2.45) is 0 Å². The van der Waals surface area contributed by atoms with Crippen LogP contribution in [0.15, 0.2) is 89.8 Å². The first kappa shape index (κ1) is 22.2. The maximum absolute atomic E-state index is 13.5. The second-order valence-corrected chi connectivity index (χ2v) is 10.0. The molecule has 0 aliphatic carbocycles. The van der Waals surface area contributed by atoms with Crippen LogP contribution in [0.25, 0.3) is 0 Å². The van der Waals surface area contributed by atoms with E-state index in [4.69, 9.17) is 0 Å². The molecule has 1 aliphatic rings. The van der Waals surface area contributed by atoms with Crippen LogP contribution in [0.5, 0.6) is 0 Å². The summed E-state index contributed by atoms with van der Waals surface area (Å²) in [5.74, 6) is -0.164. The van der Waals surface area contributed by atoms with Gasteiger partial charge in [-0.15, -0.1) is 0 Å². The highest BCUT2D eigenvalue weighted by molar-refractivity contribution is 7.89. The van der Waals surface area contributed by atoms with Crippen molar-refractivity contribution >= 4 is 15.9 Å². The number of sulfonamides is 1. The summed E-state index contributed by atoms with van der Waals surface area (Å²) in [7, 11) is -3.57. The zero-order valence-electron chi connectivity index (χ0n) is 18.1. The normalized spacial score (nSPS) is 14.4. The van der Waals surface area contributed by atoms with Crippen LogP contribution >= 0.6 is 0 Å². The molecular formula is C26H28N2O3S. The van der Waals surface area contributed by atoms with Gasteiger partial charge in [0.05, 0.1) is 4.90 Å². The van der Waals surface area contributed by atoms with E-state index >= 15 is 0 Å². The minimum Gasteiger partial charge on any atom is -0.334 e. The van der Waals surface area contributed by atoms with E-state index in [-0.39, 0.29) is 10.8 Å². The number of amides is 1. The summed E-state index contributed by atoms with van der Waals surface area (Å²) in [6, 6.07) is 26.4. The number of carbonyl (C=O) groups is 1.